The van der Waals surface area contributed by atoms with Gasteiger partial charge < -0.3 is 10.4 Å². The summed E-state index contributed by atoms with van der Waals surface area (Å²) < 4.78 is 1.70. The topological polar surface area (TPSA) is 67.2 Å². The van der Waals surface area contributed by atoms with Gasteiger partial charge in [-0.05, 0) is 12.3 Å². The molecule has 0 fully saturated rings. The molecule has 1 heterocycles. The van der Waals surface area contributed by atoms with Gasteiger partial charge in [-0.2, -0.15) is 5.10 Å². The minimum atomic E-state index is -0.794. The van der Waals surface area contributed by atoms with Gasteiger partial charge in [-0.25, -0.2) is 0 Å². The molecule has 1 unspecified atom stereocenters. The summed E-state index contributed by atoms with van der Waals surface area (Å²) in [5.74, 6) is -0.430. The summed E-state index contributed by atoms with van der Waals surface area (Å²) in [5, 5.41) is 16.1. The molecule has 5 heteroatoms. The van der Waals surface area contributed by atoms with Crippen LogP contribution < -0.4 is 5.32 Å². The first-order valence-electron chi connectivity index (χ1n) is 5.42. The SMILES string of the molecule is CC(C)CC(NCc1cnn(C)c1)C(=O)O. The van der Waals surface area contributed by atoms with Crippen LogP contribution >= 0.6 is 0 Å². The Labute approximate surface area is 95.5 Å². The van der Waals surface area contributed by atoms with Gasteiger partial charge in [-0.15, -0.1) is 0 Å². The summed E-state index contributed by atoms with van der Waals surface area (Å²) in [6.07, 6.45) is 4.25. The number of carbonyl (C=O) groups is 1. The van der Waals surface area contributed by atoms with Crippen LogP contribution in [0.1, 0.15) is 25.8 Å². The summed E-state index contributed by atoms with van der Waals surface area (Å²) in [7, 11) is 1.84. The highest BCUT2D eigenvalue weighted by Crippen LogP contribution is 2.06. The van der Waals surface area contributed by atoms with Crippen molar-refractivity contribution in [3.05, 3.63) is 18.0 Å². The van der Waals surface area contributed by atoms with Crippen molar-refractivity contribution in [3.63, 3.8) is 0 Å². The van der Waals surface area contributed by atoms with E-state index in [0.29, 0.717) is 18.9 Å². The quantitative estimate of drug-likeness (QED) is 0.758. The summed E-state index contributed by atoms with van der Waals surface area (Å²) in [6.45, 7) is 4.57. The second-order valence-electron chi connectivity index (χ2n) is 4.42. The van der Waals surface area contributed by atoms with Gasteiger partial charge >= 0.3 is 5.97 Å². The van der Waals surface area contributed by atoms with Crippen LogP contribution in [0.15, 0.2) is 12.4 Å². The first-order valence-corrected chi connectivity index (χ1v) is 5.42. The van der Waals surface area contributed by atoms with Gasteiger partial charge in [0.1, 0.15) is 6.04 Å². The number of hydrogen-bond acceptors (Lipinski definition) is 3. The molecule has 5 nitrogen and oxygen atoms in total. The number of aryl methyl sites for hydroxylation is 1. The van der Waals surface area contributed by atoms with Crippen molar-refractivity contribution in [2.24, 2.45) is 13.0 Å². The molecule has 1 atom stereocenters. The zero-order valence-corrected chi connectivity index (χ0v) is 9.97. The smallest absolute Gasteiger partial charge is 0.320 e. The van der Waals surface area contributed by atoms with E-state index < -0.39 is 12.0 Å². The Morgan fingerprint density at radius 2 is 2.31 bits per heavy atom. The van der Waals surface area contributed by atoms with E-state index in [9.17, 15) is 4.79 Å². The van der Waals surface area contributed by atoms with Crippen LogP contribution in [-0.2, 0) is 18.4 Å². The molecule has 1 aromatic heterocycles. The fraction of sp³-hybridized carbons (Fsp3) is 0.636. The molecule has 1 rings (SSSR count). The minimum Gasteiger partial charge on any atom is -0.480 e. The number of carboxylic acids is 1. The molecule has 2 N–H and O–H groups in total. The van der Waals surface area contributed by atoms with E-state index in [0.717, 1.165) is 5.56 Å². The maximum Gasteiger partial charge on any atom is 0.320 e. The molecule has 0 saturated heterocycles. The van der Waals surface area contributed by atoms with E-state index in [1.54, 1.807) is 10.9 Å². The van der Waals surface area contributed by atoms with Crippen molar-refractivity contribution in [2.75, 3.05) is 0 Å². The third kappa shape index (κ3) is 4.02. The van der Waals surface area contributed by atoms with Gasteiger partial charge in [0.25, 0.3) is 0 Å². The summed E-state index contributed by atoms with van der Waals surface area (Å²) in [6, 6.07) is -0.486. The van der Waals surface area contributed by atoms with E-state index in [1.165, 1.54) is 0 Å². The Morgan fingerprint density at radius 3 is 2.75 bits per heavy atom. The minimum absolute atomic E-state index is 0.363. The number of aliphatic carboxylic acids is 1. The van der Waals surface area contributed by atoms with Crippen molar-refractivity contribution >= 4 is 5.97 Å². The molecular weight excluding hydrogens is 206 g/mol. The van der Waals surface area contributed by atoms with Gasteiger partial charge in [0.2, 0.25) is 0 Å². The first-order chi connectivity index (χ1) is 7.49. The Bertz CT molecular complexity index is 347. The monoisotopic (exact) mass is 225 g/mol. The van der Waals surface area contributed by atoms with E-state index in [1.807, 2.05) is 27.1 Å². The summed E-state index contributed by atoms with van der Waals surface area (Å²) >= 11 is 0. The zero-order valence-electron chi connectivity index (χ0n) is 9.97. The van der Waals surface area contributed by atoms with Crippen molar-refractivity contribution < 1.29 is 9.90 Å². The number of nitrogens with zero attached hydrogens (tertiary/aromatic N) is 2. The predicted molar refractivity (Wildman–Crippen MR) is 60.9 cm³/mol. The molecular formula is C11H19N3O2. The van der Waals surface area contributed by atoms with Crippen LogP contribution in [0.4, 0.5) is 0 Å². The third-order valence-corrected chi connectivity index (χ3v) is 2.32. The van der Waals surface area contributed by atoms with Gasteiger partial charge in [-0.3, -0.25) is 9.48 Å². The number of hydrogen-bond donors (Lipinski definition) is 2. The largest absolute Gasteiger partial charge is 0.480 e. The fourth-order valence-corrected chi connectivity index (χ4v) is 1.55. The number of aromatic nitrogens is 2. The molecule has 16 heavy (non-hydrogen) atoms. The fourth-order valence-electron chi connectivity index (χ4n) is 1.55. The van der Waals surface area contributed by atoms with E-state index in [-0.39, 0.29) is 0 Å². The van der Waals surface area contributed by atoms with Gasteiger partial charge in [0, 0.05) is 25.4 Å². The molecule has 0 aliphatic rings. The van der Waals surface area contributed by atoms with Crippen LogP contribution in [0.25, 0.3) is 0 Å². The lowest BCUT2D eigenvalue weighted by Gasteiger charge is -2.15. The lowest BCUT2D eigenvalue weighted by Crippen LogP contribution is -2.37. The molecule has 0 spiro atoms. The van der Waals surface area contributed by atoms with Crippen LogP contribution in [0.3, 0.4) is 0 Å². The highest BCUT2D eigenvalue weighted by molar-refractivity contribution is 5.73. The standard InChI is InChI=1S/C11H19N3O2/c1-8(2)4-10(11(15)16)12-5-9-6-13-14(3)7-9/h6-8,10,12H,4-5H2,1-3H3,(H,15,16). The maximum absolute atomic E-state index is 11.0. The van der Waals surface area contributed by atoms with Crippen molar-refractivity contribution in [1.29, 1.82) is 0 Å². The van der Waals surface area contributed by atoms with Crippen LogP contribution in [0.5, 0.6) is 0 Å². The third-order valence-electron chi connectivity index (χ3n) is 2.32. The molecule has 0 amide bonds. The molecule has 0 bridgehead atoms. The number of rotatable bonds is 6. The zero-order chi connectivity index (χ0) is 12.1. The van der Waals surface area contributed by atoms with E-state index >= 15 is 0 Å². The number of nitrogens with one attached hydrogen (secondary N) is 1. The van der Waals surface area contributed by atoms with Gasteiger partial charge in [0.05, 0.1) is 6.20 Å². The Hall–Kier alpha value is -1.36. The van der Waals surface area contributed by atoms with E-state index in [4.69, 9.17) is 5.11 Å². The van der Waals surface area contributed by atoms with Crippen molar-refractivity contribution in [3.8, 4) is 0 Å². The van der Waals surface area contributed by atoms with Crippen LogP contribution in [-0.4, -0.2) is 26.9 Å². The van der Waals surface area contributed by atoms with Gasteiger partial charge in [0.15, 0.2) is 0 Å². The highest BCUT2D eigenvalue weighted by Gasteiger charge is 2.17. The molecule has 90 valence electrons. The van der Waals surface area contributed by atoms with Crippen LogP contribution in [0.2, 0.25) is 0 Å². The summed E-state index contributed by atoms with van der Waals surface area (Å²) in [4.78, 5) is 11.0. The Balaban J connectivity index is 2.46. The molecule has 0 saturated carbocycles. The lowest BCUT2D eigenvalue weighted by molar-refractivity contribution is -0.140. The molecule has 1 aromatic rings. The second-order valence-corrected chi connectivity index (χ2v) is 4.42. The van der Waals surface area contributed by atoms with Crippen molar-refractivity contribution in [2.45, 2.75) is 32.9 Å². The first kappa shape index (κ1) is 12.7. The molecule has 0 aliphatic carbocycles. The van der Waals surface area contributed by atoms with Crippen molar-refractivity contribution in [1.82, 2.24) is 15.1 Å². The Kier molecular flexibility index (Phi) is 4.49. The van der Waals surface area contributed by atoms with E-state index in [2.05, 4.69) is 10.4 Å². The maximum atomic E-state index is 11.0. The lowest BCUT2D eigenvalue weighted by atomic mass is 10.0. The average Bonchev–Trinajstić information content (AvgIpc) is 2.58. The predicted octanol–water partition coefficient (Wildman–Crippen LogP) is 1.01. The van der Waals surface area contributed by atoms with Crippen LogP contribution in [0, 0.1) is 5.92 Å². The second kappa shape index (κ2) is 5.65. The average molecular weight is 225 g/mol. The highest BCUT2D eigenvalue weighted by atomic mass is 16.4. The normalized spacial score (nSPS) is 13.0. The number of carboxylic acid groups (broad SMARTS) is 1. The molecule has 0 aromatic carbocycles. The molecule has 0 aliphatic heterocycles. The Morgan fingerprint density at radius 1 is 1.62 bits per heavy atom. The van der Waals surface area contributed by atoms with Gasteiger partial charge in [-0.1, -0.05) is 13.8 Å². The molecule has 0 radical (unpaired) electrons. The summed E-state index contributed by atoms with van der Waals surface area (Å²) in [5.41, 5.74) is 0.998.